The number of hydrogen-bond donors (Lipinski definition) is 1. The van der Waals surface area contributed by atoms with E-state index in [-0.39, 0.29) is 5.91 Å². The first kappa shape index (κ1) is 14.3. The third-order valence-electron chi connectivity index (χ3n) is 4.00. The summed E-state index contributed by atoms with van der Waals surface area (Å²) >= 11 is 1.64. The molecule has 1 N–H and O–H groups in total. The maximum Gasteiger partial charge on any atom is 0.261 e. The Morgan fingerprint density at radius 3 is 3.24 bits per heavy atom. The number of fused-ring (bicyclic) bond motifs is 1. The Bertz CT molecular complexity index is 646. The van der Waals surface area contributed by atoms with Crippen LogP contribution >= 0.6 is 11.3 Å². The molecule has 1 amide bonds. The third-order valence-corrected chi connectivity index (χ3v) is 5.23. The van der Waals surface area contributed by atoms with Crippen molar-refractivity contribution in [1.82, 2.24) is 20.1 Å². The van der Waals surface area contributed by atoms with Crippen LogP contribution < -0.4 is 5.32 Å². The van der Waals surface area contributed by atoms with Crippen molar-refractivity contribution in [1.29, 1.82) is 0 Å². The molecule has 0 unspecified atom stereocenters. The van der Waals surface area contributed by atoms with E-state index >= 15 is 0 Å². The van der Waals surface area contributed by atoms with Crippen molar-refractivity contribution in [2.24, 2.45) is 5.92 Å². The summed E-state index contributed by atoms with van der Waals surface area (Å²) in [6.07, 6.45) is 5.13. The largest absolute Gasteiger partial charge is 0.344 e. The number of amides is 1. The zero-order chi connectivity index (χ0) is 14.8. The average molecular weight is 304 g/mol. The van der Waals surface area contributed by atoms with Gasteiger partial charge in [0.2, 0.25) is 0 Å². The van der Waals surface area contributed by atoms with E-state index in [2.05, 4.69) is 28.5 Å². The molecule has 21 heavy (non-hydrogen) atoms. The number of aromatic nitrogens is 3. The van der Waals surface area contributed by atoms with Gasteiger partial charge >= 0.3 is 0 Å². The van der Waals surface area contributed by atoms with E-state index in [0.29, 0.717) is 6.54 Å². The molecule has 0 saturated heterocycles. The van der Waals surface area contributed by atoms with Crippen LogP contribution in [0.3, 0.4) is 0 Å². The van der Waals surface area contributed by atoms with Crippen LogP contribution in [0.5, 0.6) is 0 Å². The lowest BCUT2D eigenvalue weighted by atomic mass is 9.90. The Kier molecular flexibility index (Phi) is 4.05. The molecule has 0 aromatic carbocycles. The van der Waals surface area contributed by atoms with Crippen molar-refractivity contribution in [2.45, 2.75) is 46.2 Å². The van der Waals surface area contributed by atoms with Gasteiger partial charge in [0, 0.05) is 11.4 Å². The smallest absolute Gasteiger partial charge is 0.261 e. The SMILES string of the molecule is CCn1cnnc1CNC(=O)c1cc2c(s1)CC[C@H](C)C2. The number of hydrogen-bond acceptors (Lipinski definition) is 4. The highest BCUT2D eigenvalue weighted by molar-refractivity contribution is 7.14. The van der Waals surface area contributed by atoms with Crippen LogP contribution in [0.4, 0.5) is 0 Å². The predicted octanol–water partition coefficient (Wildman–Crippen LogP) is 2.41. The second-order valence-corrected chi connectivity index (χ2v) is 6.76. The molecule has 0 aliphatic heterocycles. The number of nitrogens with one attached hydrogen (secondary N) is 1. The fraction of sp³-hybridized carbons (Fsp3) is 0.533. The molecular weight excluding hydrogens is 284 g/mol. The molecule has 0 saturated carbocycles. The predicted molar refractivity (Wildman–Crippen MR) is 82.4 cm³/mol. The van der Waals surface area contributed by atoms with E-state index in [4.69, 9.17) is 0 Å². The topological polar surface area (TPSA) is 59.8 Å². The van der Waals surface area contributed by atoms with Gasteiger partial charge in [-0.3, -0.25) is 4.79 Å². The molecule has 112 valence electrons. The van der Waals surface area contributed by atoms with E-state index in [1.54, 1.807) is 17.7 Å². The summed E-state index contributed by atoms with van der Waals surface area (Å²) in [4.78, 5) is 14.5. The summed E-state index contributed by atoms with van der Waals surface area (Å²) in [5.74, 6) is 1.51. The number of rotatable bonds is 4. The highest BCUT2D eigenvalue weighted by Gasteiger charge is 2.20. The fourth-order valence-electron chi connectivity index (χ4n) is 2.74. The van der Waals surface area contributed by atoms with Gasteiger partial charge in [-0.1, -0.05) is 6.92 Å². The van der Waals surface area contributed by atoms with E-state index < -0.39 is 0 Å². The molecule has 0 fully saturated rings. The summed E-state index contributed by atoms with van der Waals surface area (Å²) in [6, 6.07) is 2.07. The van der Waals surface area contributed by atoms with Gasteiger partial charge in [-0.05, 0) is 43.7 Å². The van der Waals surface area contributed by atoms with Crippen LogP contribution in [0.15, 0.2) is 12.4 Å². The first-order chi connectivity index (χ1) is 10.2. The van der Waals surface area contributed by atoms with Crippen LogP contribution in [0, 0.1) is 5.92 Å². The van der Waals surface area contributed by atoms with Crippen LogP contribution in [0.2, 0.25) is 0 Å². The van der Waals surface area contributed by atoms with Gasteiger partial charge in [0.15, 0.2) is 5.82 Å². The first-order valence-corrected chi connectivity index (χ1v) is 8.25. The number of nitrogens with zero attached hydrogens (tertiary/aromatic N) is 3. The maximum absolute atomic E-state index is 12.3. The summed E-state index contributed by atoms with van der Waals surface area (Å²) < 4.78 is 1.93. The summed E-state index contributed by atoms with van der Waals surface area (Å²) in [6.45, 7) is 5.54. The van der Waals surface area contributed by atoms with Crippen molar-refractivity contribution in [3.8, 4) is 0 Å². The Labute approximate surface area is 128 Å². The Balaban J connectivity index is 1.66. The van der Waals surface area contributed by atoms with Crippen LogP contribution in [-0.4, -0.2) is 20.7 Å². The minimum atomic E-state index is -0.00675. The first-order valence-electron chi connectivity index (χ1n) is 7.43. The van der Waals surface area contributed by atoms with Crippen LogP contribution in [0.1, 0.15) is 46.2 Å². The van der Waals surface area contributed by atoms with Crippen molar-refractivity contribution in [3.63, 3.8) is 0 Å². The Hall–Kier alpha value is -1.69. The average Bonchev–Trinajstić information content (AvgIpc) is 3.10. The van der Waals surface area contributed by atoms with E-state index in [1.807, 2.05) is 11.5 Å². The summed E-state index contributed by atoms with van der Waals surface area (Å²) in [7, 11) is 0. The molecule has 0 spiro atoms. The molecule has 1 atom stereocenters. The van der Waals surface area contributed by atoms with E-state index in [1.165, 1.54) is 16.9 Å². The monoisotopic (exact) mass is 304 g/mol. The van der Waals surface area contributed by atoms with Crippen molar-refractivity contribution in [3.05, 3.63) is 33.5 Å². The highest BCUT2D eigenvalue weighted by Crippen LogP contribution is 2.32. The standard InChI is InChI=1S/C15H20N4OS/c1-3-19-9-17-18-14(19)8-16-15(20)13-7-11-6-10(2)4-5-12(11)21-13/h7,9-10H,3-6,8H2,1-2H3,(H,16,20)/t10-/m0/s1. The minimum absolute atomic E-state index is 0.00675. The minimum Gasteiger partial charge on any atom is -0.344 e. The number of carbonyl (C=O) groups is 1. The zero-order valence-corrected chi connectivity index (χ0v) is 13.2. The number of carbonyl (C=O) groups excluding carboxylic acids is 1. The molecule has 2 heterocycles. The third kappa shape index (κ3) is 3.00. The maximum atomic E-state index is 12.3. The van der Waals surface area contributed by atoms with Gasteiger partial charge in [-0.15, -0.1) is 21.5 Å². The highest BCUT2D eigenvalue weighted by atomic mass is 32.1. The van der Waals surface area contributed by atoms with Crippen LogP contribution in [0.25, 0.3) is 0 Å². The number of thiophene rings is 1. The van der Waals surface area contributed by atoms with Crippen molar-refractivity contribution >= 4 is 17.2 Å². The molecule has 6 heteroatoms. The van der Waals surface area contributed by atoms with Gasteiger partial charge in [0.25, 0.3) is 5.91 Å². The molecule has 0 bridgehead atoms. The molecule has 2 aromatic rings. The lowest BCUT2D eigenvalue weighted by molar-refractivity contribution is 0.0953. The van der Waals surface area contributed by atoms with Gasteiger partial charge in [0.1, 0.15) is 6.33 Å². The summed E-state index contributed by atoms with van der Waals surface area (Å²) in [5.41, 5.74) is 1.36. The molecule has 0 radical (unpaired) electrons. The van der Waals surface area contributed by atoms with Gasteiger partial charge in [-0.25, -0.2) is 0 Å². The molecular formula is C15H20N4OS. The van der Waals surface area contributed by atoms with E-state index in [0.717, 1.165) is 36.0 Å². The summed E-state index contributed by atoms with van der Waals surface area (Å²) in [5, 5.41) is 10.8. The second kappa shape index (κ2) is 5.97. The quantitative estimate of drug-likeness (QED) is 0.943. The van der Waals surface area contributed by atoms with Crippen LogP contribution in [-0.2, 0) is 25.9 Å². The second-order valence-electron chi connectivity index (χ2n) is 5.62. The Morgan fingerprint density at radius 1 is 1.57 bits per heavy atom. The lowest BCUT2D eigenvalue weighted by Crippen LogP contribution is -2.23. The van der Waals surface area contributed by atoms with Gasteiger partial charge < -0.3 is 9.88 Å². The molecule has 1 aliphatic carbocycles. The zero-order valence-electron chi connectivity index (χ0n) is 12.4. The normalized spacial score (nSPS) is 17.5. The van der Waals surface area contributed by atoms with Crippen molar-refractivity contribution < 1.29 is 4.79 Å². The molecule has 2 aromatic heterocycles. The van der Waals surface area contributed by atoms with Crippen molar-refractivity contribution in [2.75, 3.05) is 0 Å². The molecule has 5 nitrogen and oxygen atoms in total. The van der Waals surface area contributed by atoms with Gasteiger partial charge in [-0.2, -0.15) is 0 Å². The van der Waals surface area contributed by atoms with Gasteiger partial charge in [0.05, 0.1) is 11.4 Å². The fourth-order valence-corrected chi connectivity index (χ4v) is 3.87. The molecule has 3 rings (SSSR count). The lowest BCUT2D eigenvalue weighted by Gasteiger charge is -2.16. The number of aryl methyl sites for hydroxylation is 2. The Morgan fingerprint density at radius 2 is 2.43 bits per heavy atom. The van der Waals surface area contributed by atoms with E-state index in [9.17, 15) is 4.79 Å². The molecule has 1 aliphatic rings.